The summed E-state index contributed by atoms with van der Waals surface area (Å²) in [6, 6.07) is 6.85. The van der Waals surface area contributed by atoms with Crippen molar-refractivity contribution in [1.29, 1.82) is 5.53 Å². The molecule has 1 heterocycles. The van der Waals surface area contributed by atoms with Crippen LogP contribution in [0.1, 0.15) is 38.7 Å². The average Bonchev–Trinajstić information content (AvgIpc) is 2.93. The molecule has 0 saturated heterocycles. The first kappa shape index (κ1) is 33.7. The lowest BCUT2D eigenvalue weighted by Gasteiger charge is -2.19. The zero-order valence-electron chi connectivity index (χ0n) is 24.6. The maximum absolute atomic E-state index is 12.5. The number of anilines is 1. The number of carbonyl (C=O) groups excluding carboxylic acids is 3. The first-order valence-electron chi connectivity index (χ1n) is 13.6. The van der Waals surface area contributed by atoms with Crippen molar-refractivity contribution in [1.82, 2.24) is 21.3 Å². The van der Waals surface area contributed by atoms with Gasteiger partial charge < -0.3 is 35.7 Å². The minimum atomic E-state index is -0.541. The van der Waals surface area contributed by atoms with Gasteiger partial charge in [-0.3, -0.25) is 14.4 Å². The second kappa shape index (κ2) is 16.7. The van der Waals surface area contributed by atoms with Gasteiger partial charge in [-0.05, 0) is 29.5 Å². The van der Waals surface area contributed by atoms with Crippen molar-refractivity contribution < 1.29 is 23.9 Å². The highest BCUT2D eigenvalue weighted by molar-refractivity contribution is 5.89. The van der Waals surface area contributed by atoms with Crippen LogP contribution in [0.25, 0.3) is 11.0 Å². The minimum Gasteiger partial charge on any atom is -0.423 e. The molecule has 0 unspecified atom stereocenters. The Balaban J connectivity index is 1.68. The predicted octanol–water partition coefficient (Wildman–Crippen LogP) is 1.91. The van der Waals surface area contributed by atoms with E-state index in [1.54, 1.807) is 26.1 Å². The Morgan fingerprint density at radius 3 is 2.55 bits per heavy atom. The molecule has 0 atom stereocenters. The van der Waals surface area contributed by atoms with Crippen LogP contribution < -0.4 is 31.8 Å². The molecule has 6 N–H and O–H groups in total. The molecule has 0 fully saturated rings. The average molecular weight is 584 g/mol. The standard InChI is InChI=1S/C29H41N7O6/c1-29(2,19-37)17-27(40)34-13-9-25(38)33-12-8-21(35-30)18-31-10-5-11-32-26(39)14-20-15-28(41)42-24-16-22(36(3)4)6-7-23(20)24/h6-7,9,13,15-16,18,30-31,37H,5,8,10-12,14,17,19H2,1-4H3,(H,32,39)(H,33,38)(H,34,40)/b13-9+,21-18-,35-30?. The fourth-order valence-corrected chi connectivity index (χ4v) is 3.77. The van der Waals surface area contributed by atoms with Gasteiger partial charge in [0.15, 0.2) is 0 Å². The maximum Gasteiger partial charge on any atom is 0.336 e. The van der Waals surface area contributed by atoms with Gasteiger partial charge in [0.1, 0.15) is 5.58 Å². The van der Waals surface area contributed by atoms with Gasteiger partial charge in [0.05, 0.1) is 12.1 Å². The van der Waals surface area contributed by atoms with Gasteiger partial charge in [-0.1, -0.05) is 13.8 Å². The number of hydrogen-bond acceptors (Lipinski definition) is 10. The molecular formula is C29H41N7O6. The van der Waals surface area contributed by atoms with E-state index in [1.807, 2.05) is 31.1 Å². The molecule has 0 saturated carbocycles. The van der Waals surface area contributed by atoms with Crippen molar-refractivity contribution in [3.05, 3.63) is 64.4 Å². The van der Waals surface area contributed by atoms with Crippen molar-refractivity contribution in [3.8, 4) is 0 Å². The quantitative estimate of drug-likeness (QED) is 0.0704. The summed E-state index contributed by atoms with van der Waals surface area (Å²) in [5, 5.41) is 24.4. The lowest BCUT2D eigenvalue weighted by Crippen LogP contribution is -2.28. The van der Waals surface area contributed by atoms with Gasteiger partial charge in [0.25, 0.3) is 0 Å². The summed E-state index contributed by atoms with van der Waals surface area (Å²) in [6.45, 7) is 4.57. The van der Waals surface area contributed by atoms with E-state index in [0.717, 1.165) is 5.69 Å². The van der Waals surface area contributed by atoms with E-state index < -0.39 is 16.9 Å². The summed E-state index contributed by atoms with van der Waals surface area (Å²) < 4.78 is 5.31. The lowest BCUT2D eigenvalue weighted by molar-refractivity contribution is -0.122. The zero-order valence-corrected chi connectivity index (χ0v) is 24.6. The second-order valence-electron chi connectivity index (χ2n) is 10.7. The summed E-state index contributed by atoms with van der Waals surface area (Å²) in [4.78, 5) is 50.1. The van der Waals surface area contributed by atoms with E-state index in [9.17, 15) is 24.3 Å². The highest BCUT2D eigenvalue weighted by Gasteiger charge is 2.20. The van der Waals surface area contributed by atoms with Crippen LogP contribution in [-0.2, 0) is 20.8 Å². The van der Waals surface area contributed by atoms with E-state index >= 15 is 0 Å². The minimum absolute atomic E-state index is 0.0494. The molecule has 0 aliphatic heterocycles. The number of rotatable bonds is 17. The van der Waals surface area contributed by atoms with Crippen molar-refractivity contribution in [2.45, 2.75) is 39.5 Å². The molecule has 228 valence electrons. The molecule has 13 heteroatoms. The number of nitrogens with one attached hydrogen (secondary N) is 5. The molecule has 1 aromatic carbocycles. The van der Waals surface area contributed by atoms with Crippen LogP contribution in [0.5, 0.6) is 0 Å². The van der Waals surface area contributed by atoms with Gasteiger partial charge in [0, 0.05) is 94.9 Å². The molecule has 1 aromatic heterocycles. The number of nitrogens with zero attached hydrogens (tertiary/aromatic N) is 2. The summed E-state index contributed by atoms with van der Waals surface area (Å²) in [5.41, 5.74) is 8.60. The zero-order chi connectivity index (χ0) is 31.1. The molecule has 0 bridgehead atoms. The van der Waals surface area contributed by atoms with E-state index in [-0.39, 0.29) is 37.8 Å². The van der Waals surface area contributed by atoms with Gasteiger partial charge in [-0.15, -0.1) is 0 Å². The Kier molecular flexibility index (Phi) is 13.4. The lowest BCUT2D eigenvalue weighted by atomic mass is 9.90. The number of amides is 3. The molecule has 0 radical (unpaired) electrons. The number of benzene rings is 1. The highest BCUT2D eigenvalue weighted by atomic mass is 16.4. The third-order valence-electron chi connectivity index (χ3n) is 6.14. The Hall–Kier alpha value is -4.52. The van der Waals surface area contributed by atoms with Crippen molar-refractivity contribution >= 4 is 34.4 Å². The van der Waals surface area contributed by atoms with E-state index in [1.165, 1.54) is 18.3 Å². The molecule has 42 heavy (non-hydrogen) atoms. The van der Waals surface area contributed by atoms with Crippen molar-refractivity contribution in [3.63, 3.8) is 0 Å². The van der Waals surface area contributed by atoms with Crippen LogP contribution in [0.15, 0.2) is 62.8 Å². The molecule has 3 amide bonds. The Labute approximate surface area is 244 Å². The number of fused-ring (bicyclic) bond motifs is 1. The number of hydrogen-bond donors (Lipinski definition) is 6. The second-order valence-corrected chi connectivity index (χ2v) is 10.7. The Morgan fingerprint density at radius 2 is 1.86 bits per heavy atom. The van der Waals surface area contributed by atoms with Crippen LogP contribution >= 0.6 is 0 Å². The number of aliphatic hydroxyl groups excluding tert-OH is 1. The van der Waals surface area contributed by atoms with Crippen molar-refractivity contribution in [2.24, 2.45) is 10.5 Å². The molecule has 2 aromatic rings. The SMILES string of the molecule is CN(C)c1ccc2c(CC(=O)NCCCN/C=C(/CCNC(=O)/C=C/NC(=O)CC(C)(C)CO)N=N)cc(=O)oc2c1. The first-order chi connectivity index (χ1) is 19.9. The topological polar surface area (TPSA) is 189 Å². The molecule has 0 aliphatic rings. The fourth-order valence-electron chi connectivity index (χ4n) is 3.77. The van der Waals surface area contributed by atoms with Crippen LogP contribution in [0, 0.1) is 10.9 Å². The van der Waals surface area contributed by atoms with Crippen molar-refractivity contribution in [2.75, 3.05) is 45.2 Å². The van der Waals surface area contributed by atoms with Crippen LogP contribution in [0.2, 0.25) is 0 Å². The molecular weight excluding hydrogens is 542 g/mol. The molecule has 2 rings (SSSR count). The molecule has 0 spiro atoms. The number of carbonyl (C=O) groups is 3. The van der Waals surface area contributed by atoms with Gasteiger partial charge in [-0.2, -0.15) is 5.11 Å². The van der Waals surface area contributed by atoms with Gasteiger partial charge in [0.2, 0.25) is 17.7 Å². The normalized spacial score (nSPS) is 11.8. The van der Waals surface area contributed by atoms with Gasteiger partial charge in [-0.25, -0.2) is 10.3 Å². The third kappa shape index (κ3) is 11.9. The van der Waals surface area contributed by atoms with E-state index in [4.69, 9.17) is 9.95 Å². The summed E-state index contributed by atoms with van der Waals surface area (Å²) in [7, 11) is 3.77. The highest BCUT2D eigenvalue weighted by Crippen LogP contribution is 2.23. The molecule has 13 nitrogen and oxygen atoms in total. The monoisotopic (exact) mass is 583 g/mol. The Morgan fingerprint density at radius 1 is 1.10 bits per heavy atom. The summed E-state index contributed by atoms with van der Waals surface area (Å²) in [6.07, 6.45) is 5.12. The maximum atomic E-state index is 12.5. The summed E-state index contributed by atoms with van der Waals surface area (Å²) >= 11 is 0. The van der Waals surface area contributed by atoms with Crippen LogP contribution in [0.3, 0.4) is 0 Å². The van der Waals surface area contributed by atoms with E-state index in [0.29, 0.717) is 48.2 Å². The predicted molar refractivity (Wildman–Crippen MR) is 160 cm³/mol. The van der Waals surface area contributed by atoms with Gasteiger partial charge >= 0.3 is 5.63 Å². The third-order valence-corrected chi connectivity index (χ3v) is 6.14. The fraction of sp³-hybridized carbons (Fsp3) is 0.448. The largest absolute Gasteiger partial charge is 0.423 e. The van der Waals surface area contributed by atoms with E-state index in [2.05, 4.69) is 26.4 Å². The van der Waals surface area contributed by atoms with Crippen LogP contribution in [-0.4, -0.2) is 63.2 Å². The first-order valence-corrected chi connectivity index (χ1v) is 13.6. The number of aliphatic hydroxyl groups is 1. The molecule has 0 aliphatic carbocycles. The Bertz CT molecular complexity index is 1360. The summed E-state index contributed by atoms with van der Waals surface area (Å²) in [5.74, 6) is -0.929. The van der Waals surface area contributed by atoms with Crippen LogP contribution in [0.4, 0.5) is 5.69 Å². The smallest absolute Gasteiger partial charge is 0.336 e.